The molecule has 0 aliphatic heterocycles. The maximum absolute atomic E-state index is 12.2. The molecule has 0 aromatic rings. The van der Waals surface area contributed by atoms with E-state index >= 15 is 0 Å². The van der Waals surface area contributed by atoms with Crippen LogP contribution in [0.3, 0.4) is 0 Å². The zero-order valence-electron chi connectivity index (χ0n) is 11.0. The fourth-order valence-corrected chi connectivity index (χ4v) is 2.43. The lowest BCUT2D eigenvalue weighted by atomic mass is 9.76. The number of aliphatic hydroxyl groups is 1. The highest BCUT2D eigenvalue weighted by Crippen LogP contribution is 2.44. The minimum atomic E-state index is -0.468. The van der Waals surface area contributed by atoms with Crippen LogP contribution in [0.2, 0.25) is 0 Å². The van der Waals surface area contributed by atoms with Crippen molar-refractivity contribution in [1.29, 1.82) is 0 Å². The van der Waals surface area contributed by atoms with Gasteiger partial charge in [0.05, 0.1) is 12.1 Å². The van der Waals surface area contributed by atoms with Gasteiger partial charge in [0, 0.05) is 6.04 Å². The molecule has 0 radical (unpaired) electrons. The molecule has 2 rings (SSSR count). The summed E-state index contributed by atoms with van der Waals surface area (Å²) in [6.45, 7) is 5.69. The average molecular weight is 241 g/mol. The van der Waals surface area contributed by atoms with E-state index in [0.717, 1.165) is 32.1 Å². The van der Waals surface area contributed by atoms with E-state index in [2.05, 4.69) is 0 Å². The highest BCUT2D eigenvalue weighted by atomic mass is 16.6. The SMILES string of the molecule is CC(C)(C)OC(=O)N(C1CC1)C1(CO)CCC1. The molecule has 2 fully saturated rings. The summed E-state index contributed by atoms with van der Waals surface area (Å²) < 4.78 is 5.46. The maximum Gasteiger partial charge on any atom is 0.411 e. The smallest absolute Gasteiger partial charge is 0.411 e. The molecule has 98 valence electrons. The molecule has 0 bridgehead atoms. The Balaban J connectivity index is 2.09. The predicted molar refractivity (Wildman–Crippen MR) is 64.8 cm³/mol. The standard InChI is InChI=1S/C13H23NO3/c1-12(2,3)17-11(16)14(10-5-6-10)13(9-15)7-4-8-13/h10,15H,4-9H2,1-3H3. The lowest BCUT2D eigenvalue weighted by Crippen LogP contribution is -2.60. The highest BCUT2D eigenvalue weighted by Gasteiger charge is 2.51. The summed E-state index contributed by atoms with van der Waals surface area (Å²) in [6.07, 6.45) is 4.72. The molecule has 4 nitrogen and oxygen atoms in total. The molecule has 0 aromatic heterocycles. The Morgan fingerprint density at radius 2 is 2.00 bits per heavy atom. The van der Waals surface area contributed by atoms with Gasteiger partial charge in [0.1, 0.15) is 5.60 Å². The van der Waals surface area contributed by atoms with Gasteiger partial charge in [-0.3, -0.25) is 4.90 Å². The van der Waals surface area contributed by atoms with Crippen LogP contribution >= 0.6 is 0 Å². The van der Waals surface area contributed by atoms with Gasteiger partial charge in [-0.2, -0.15) is 0 Å². The number of hydrogen-bond donors (Lipinski definition) is 1. The molecule has 2 aliphatic rings. The second-order valence-corrected chi connectivity index (χ2v) is 6.32. The molecule has 2 saturated carbocycles. The van der Waals surface area contributed by atoms with Gasteiger partial charge in [0.25, 0.3) is 0 Å². The van der Waals surface area contributed by atoms with Gasteiger partial charge in [-0.25, -0.2) is 4.79 Å². The first-order chi connectivity index (χ1) is 7.88. The zero-order chi connectivity index (χ0) is 12.7. The fraction of sp³-hybridized carbons (Fsp3) is 0.923. The Morgan fingerprint density at radius 3 is 2.29 bits per heavy atom. The number of hydrogen-bond acceptors (Lipinski definition) is 3. The van der Waals surface area contributed by atoms with Gasteiger partial charge in [0.15, 0.2) is 0 Å². The highest BCUT2D eigenvalue weighted by molar-refractivity contribution is 5.70. The van der Waals surface area contributed by atoms with Crippen LogP contribution in [0.25, 0.3) is 0 Å². The third-order valence-electron chi connectivity index (χ3n) is 3.59. The van der Waals surface area contributed by atoms with Crippen molar-refractivity contribution in [2.24, 2.45) is 0 Å². The van der Waals surface area contributed by atoms with Gasteiger partial charge in [0.2, 0.25) is 0 Å². The Kier molecular flexibility index (Phi) is 3.10. The monoisotopic (exact) mass is 241 g/mol. The van der Waals surface area contributed by atoms with Crippen molar-refractivity contribution in [3.8, 4) is 0 Å². The van der Waals surface area contributed by atoms with Crippen molar-refractivity contribution >= 4 is 6.09 Å². The van der Waals surface area contributed by atoms with Crippen molar-refractivity contribution in [3.63, 3.8) is 0 Å². The summed E-state index contributed by atoms with van der Waals surface area (Å²) in [7, 11) is 0. The van der Waals surface area contributed by atoms with Crippen LogP contribution in [0.5, 0.6) is 0 Å². The summed E-state index contributed by atoms with van der Waals surface area (Å²) >= 11 is 0. The second kappa shape index (κ2) is 4.16. The Hall–Kier alpha value is -0.770. The molecule has 4 heteroatoms. The summed E-state index contributed by atoms with van der Waals surface area (Å²) in [5.41, 5.74) is -0.798. The van der Waals surface area contributed by atoms with Gasteiger partial charge >= 0.3 is 6.09 Å². The Labute approximate surface area is 103 Å². The Morgan fingerprint density at radius 1 is 1.41 bits per heavy atom. The quantitative estimate of drug-likeness (QED) is 0.824. The van der Waals surface area contributed by atoms with Gasteiger partial charge in [-0.05, 0) is 52.9 Å². The first-order valence-corrected chi connectivity index (χ1v) is 6.51. The van der Waals surface area contributed by atoms with Crippen LogP contribution in [0, 0.1) is 0 Å². The molecule has 0 unspecified atom stereocenters. The minimum absolute atomic E-state index is 0.0583. The molecule has 2 aliphatic carbocycles. The van der Waals surface area contributed by atoms with E-state index in [1.165, 1.54) is 0 Å². The molecular formula is C13H23NO3. The third kappa shape index (κ3) is 2.57. The van der Waals surface area contributed by atoms with Crippen molar-refractivity contribution < 1.29 is 14.6 Å². The van der Waals surface area contributed by atoms with Crippen LogP contribution < -0.4 is 0 Å². The molecule has 1 amide bonds. The summed E-state index contributed by atoms with van der Waals surface area (Å²) in [4.78, 5) is 14.1. The largest absolute Gasteiger partial charge is 0.444 e. The van der Waals surface area contributed by atoms with E-state index in [1.54, 1.807) is 0 Å². The van der Waals surface area contributed by atoms with Gasteiger partial charge in [-0.15, -0.1) is 0 Å². The van der Waals surface area contributed by atoms with E-state index in [-0.39, 0.29) is 24.3 Å². The Bertz CT molecular complexity index is 295. The van der Waals surface area contributed by atoms with E-state index in [9.17, 15) is 9.90 Å². The molecule has 0 heterocycles. The second-order valence-electron chi connectivity index (χ2n) is 6.32. The number of amides is 1. The van der Waals surface area contributed by atoms with Crippen molar-refractivity contribution in [3.05, 3.63) is 0 Å². The summed E-state index contributed by atoms with van der Waals surface area (Å²) in [5.74, 6) is 0. The molecule has 0 atom stereocenters. The first-order valence-electron chi connectivity index (χ1n) is 6.51. The van der Waals surface area contributed by atoms with E-state index in [0.29, 0.717) is 0 Å². The van der Waals surface area contributed by atoms with E-state index in [1.807, 2.05) is 25.7 Å². The maximum atomic E-state index is 12.2. The van der Waals surface area contributed by atoms with E-state index in [4.69, 9.17) is 4.74 Å². The van der Waals surface area contributed by atoms with Gasteiger partial charge < -0.3 is 9.84 Å². The van der Waals surface area contributed by atoms with Crippen LogP contribution in [-0.2, 0) is 4.74 Å². The number of rotatable bonds is 3. The van der Waals surface area contributed by atoms with Crippen LogP contribution in [-0.4, -0.2) is 39.9 Å². The number of ether oxygens (including phenoxy) is 1. The molecule has 1 N–H and O–H groups in total. The average Bonchev–Trinajstić information content (AvgIpc) is 2.90. The third-order valence-corrected chi connectivity index (χ3v) is 3.59. The number of carbonyl (C=O) groups excluding carboxylic acids is 1. The molecule has 17 heavy (non-hydrogen) atoms. The fourth-order valence-electron chi connectivity index (χ4n) is 2.43. The lowest BCUT2D eigenvalue weighted by Gasteiger charge is -2.49. The predicted octanol–water partition coefficient (Wildman–Crippen LogP) is 2.30. The molecule has 0 aromatic carbocycles. The molecule has 0 saturated heterocycles. The van der Waals surface area contributed by atoms with Gasteiger partial charge in [-0.1, -0.05) is 0 Å². The van der Waals surface area contributed by atoms with Crippen molar-refractivity contribution in [2.75, 3.05) is 6.61 Å². The van der Waals surface area contributed by atoms with Crippen molar-refractivity contribution in [1.82, 2.24) is 4.90 Å². The van der Waals surface area contributed by atoms with E-state index < -0.39 is 5.60 Å². The van der Waals surface area contributed by atoms with Crippen LogP contribution in [0.15, 0.2) is 0 Å². The number of carbonyl (C=O) groups is 1. The zero-order valence-corrected chi connectivity index (χ0v) is 11.0. The first kappa shape index (κ1) is 12.7. The molecular weight excluding hydrogens is 218 g/mol. The summed E-state index contributed by atoms with van der Waals surface area (Å²) in [5, 5.41) is 9.58. The van der Waals surface area contributed by atoms with Crippen LogP contribution in [0.1, 0.15) is 52.9 Å². The molecule has 0 spiro atoms. The topological polar surface area (TPSA) is 49.8 Å². The minimum Gasteiger partial charge on any atom is -0.444 e. The van der Waals surface area contributed by atoms with Crippen LogP contribution in [0.4, 0.5) is 4.79 Å². The summed E-state index contributed by atoms with van der Waals surface area (Å²) in [6, 6.07) is 0.289. The number of aliphatic hydroxyl groups excluding tert-OH is 1. The normalized spacial score (nSPS) is 22.8. The number of nitrogens with zero attached hydrogens (tertiary/aromatic N) is 1. The lowest BCUT2D eigenvalue weighted by molar-refractivity contribution is -0.0525. The van der Waals surface area contributed by atoms with Crippen molar-refractivity contribution in [2.45, 2.75) is 70.1 Å².